The van der Waals surface area contributed by atoms with Gasteiger partial charge in [-0.2, -0.15) is 0 Å². The molecule has 0 amide bonds. The van der Waals surface area contributed by atoms with E-state index in [1.165, 1.54) is 11.3 Å². The minimum absolute atomic E-state index is 0.160. The Morgan fingerprint density at radius 1 is 1.35 bits per heavy atom. The quantitative estimate of drug-likeness (QED) is 0.722. The summed E-state index contributed by atoms with van der Waals surface area (Å²) in [4.78, 5) is 7.83. The van der Waals surface area contributed by atoms with Crippen LogP contribution in [0.4, 0.5) is 0 Å². The number of aromatic amines is 1. The molecule has 0 fully saturated rings. The number of imidazole rings is 1. The number of hydrogen-bond donors (Lipinski definition) is 3. The lowest BCUT2D eigenvalue weighted by molar-refractivity contribution is 0.582. The van der Waals surface area contributed by atoms with E-state index in [-0.39, 0.29) is 6.54 Å². The number of nitrogens with one attached hydrogen (secondary N) is 3. The summed E-state index contributed by atoms with van der Waals surface area (Å²) in [6.07, 6.45) is 3.24. The van der Waals surface area contributed by atoms with E-state index >= 15 is 0 Å². The van der Waals surface area contributed by atoms with E-state index in [2.05, 4.69) is 33.9 Å². The Morgan fingerprint density at radius 2 is 2.15 bits per heavy atom. The van der Waals surface area contributed by atoms with Crippen LogP contribution < -0.4 is 10.0 Å². The van der Waals surface area contributed by atoms with Crippen molar-refractivity contribution in [2.24, 2.45) is 0 Å². The van der Waals surface area contributed by atoms with Crippen LogP contribution in [-0.2, 0) is 23.1 Å². The Labute approximate surface area is 122 Å². The Bertz CT molecular complexity index is 632. The first-order valence-corrected chi connectivity index (χ1v) is 8.57. The number of sulfonamides is 1. The van der Waals surface area contributed by atoms with Crippen molar-refractivity contribution < 1.29 is 8.42 Å². The molecule has 2 aromatic heterocycles. The average molecular weight is 314 g/mol. The maximum Gasteiger partial charge on any atom is 0.250 e. The summed E-state index contributed by atoms with van der Waals surface area (Å²) in [5.41, 5.74) is 0. The first-order chi connectivity index (χ1) is 9.47. The Morgan fingerprint density at radius 3 is 2.80 bits per heavy atom. The highest BCUT2D eigenvalue weighted by molar-refractivity contribution is 7.91. The van der Waals surface area contributed by atoms with Gasteiger partial charge in [0.05, 0.1) is 6.54 Å². The molecule has 6 nitrogen and oxygen atoms in total. The molecule has 0 radical (unpaired) electrons. The van der Waals surface area contributed by atoms with Crippen molar-refractivity contribution in [3.8, 4) is 0 Å². The van der Waals surface area contributed by atoms with Crippen molar-refractivity contribution >= 4 is 21.4 Å². The van der Waals surface area contributed by atoms with E-state index < -0.39 is 10.0 Å². The van der Waals surface area contributed by atoms with Crippen molar-refractivity contribution in [3.05, 3.63) is 35.2 Å². The van der Waals surface area contributed by atoms with Gasteiger partial charge < -0.3 is 10.3 Å². The second-order valence-corrected chi connectivity index (χ2v) is 7.78. The van der Waals surface area contributed by atoms with Crippen LogP contribution in [0.3, 0.4) is 0 Å². The molecule has 0 unspecified atom stereocenters. The van der Waals surface area contributed by atoms with Crippen LogP contribution in [0.1, 0.15) is 24.5 Å². The highest BCUT2D eigenvalue weighted by Gasteiger charge is 2.17. The van der Waals surface area contributed by atoms with E-state index in [1.54, 1.807) is 18.5 Å². The van der Waals surface area contributed by atoms with E-state index in [0.29, 0.717) is 22.6 Å². The molecule has 2 aromatic rings. The molecule has 8 heteroatoms. The van der Waals surface area contributed by atoms with E-state index in [4.69, 9.17) is 0 Å². The number of aromatic nitrogens is 2. The first kappa shape index (κ1) is 15.2. The third kappa shape index (κ3) is 4.14. The molecule has 0 aliphatic carbocycles. The van der Waals surface area contributed by atoms with Gasteiger partial charge in [0.2, 0.25) is 10.0 Å². The normalized spacial score (nSPS) is 12.2. The lowest BCUT2D eigenvalue weighted by atomic mass is 10.4. The van der Waals surface area contributed by atoms with Crippen molar-refractivity contribution in [1.82, 2.24) is 20.0 Å². The van der Waals surface area contributed by atoms with Gasteiger partial charge in [-0.1, -0.05) is 13.8 Å². The zero-order valence-electron chi connectivity index (χ0n) is 11.4. The molecule has 3 N–H and O–H groups in total. The lowest BCUT2D eigenvalue weighted by Gasteiger charge is -2.05. The Hall–Kier alpha value is -1.22. The SMILES string of the molecule is CC(C)NCc1ccc(S(=O)(=O)NCc2ncc[nH]2)s1. The monoisotopic (exact) mass is 314 g/mol. The molecule has 0 aromatic carbocycles. The van der Waals surface area contributed by atoms with Gasteiger partial charge in [0.15, 0.2) is 0 Å². The molecule has 0 aliphatic heterocycles. The van der Waals surface area contributed by atoms with Gasteiger partial charge >= 0.3 is 0 Å². The second-order valence-electron chi connectivity index (χ2n) is 4.62. The minimum Gasteiger partial charge on any atom is -0.347 e. The van der Waals surface area contributed by atoms with E-state index in [1.807, 2.05) is 6.07 Å². The lowest BCUT2D eigenvalue weighted by Crippen LogP contribution is -2.23. The molecule has 0 aliphatic rings. The number of thiophene rings is 1. The van der Waals surface area contributed by atoms with Crippen molar-refractivity contribution in [2.45, 2.75) is 37.2 Å². The van der Waals surface area contributed by atoms with Crippen molar-refractivity contribution in [3.63, 3.8) is 0 Å². The number of rotatable bonds is 7. The van der Waals surface area contributed by atoms with Crippen LogP contribution >= 0.6 is 11.3 Å². The molecular weight excluding hydrogens is 296 g/mol. The van der Waals surface area contributed by atoms with Gasteiger partial charge in [-0.15, -0.1) is 11.3 Å². The molecule has 0 spiro atoms. The van der Waals surface area contributed by atoms with Gasteiger partial charge in [0.25, 0.3) is 0 Å². The molecule has 2 rings (SSSR count). The Balaban J connectivity index is 1.98. The standard InChI is InChI=1S/C12H18N4O2S2/c1-9(2)15-7-10-3-4-12(19-10)20(17,18)16-8-11-13-5-6-14-11/h3-6,9,15-16H,7-8H2,1-2H3,(H,13,14). The summed E-state index contributed by atoms with van der Waals surface area (Å²) in [7, 11) is -3.47. The van der Waals surface area contributed by atoms with Gasteiger partial charge in [-0.05, 0) is 12.1 Å². The number of H-pyrrole nitrogens is 1. The maximum absolute atomic E-state index is 12.1. The predicted octanol–water partition coefficient (Wildman–Crippen LogP) is 1.45. The maximum atomic E-state index is 12.1. The van der Waals surface area contributed by atoms with Gasteiger partial charge in [-0.25, -0.2) is 18.1 Å². The van der Waals surface area contributed by atoms with Crippen LogP contribution in [0, 0.1) is 0 Å². The predicted molar refractivity (Wildman–Crippen MR) is 78.9 cm³/mol. The largest absolute Gasteiger partial charge is 0.347 e. The zero-order chi connectivity index (χ0) is 14.6. The fourth-order valence-electron chi connectivity index (χ4n) is 1.53. The summed E-state index contributed by atoms with van der Waals surface area (Å²) in [6.45, 7) is 4.94. The van der Waals surface area contributed by atoms with E-state index in [0.717, 1.165) is 4.88 Å². The van der Waals surface area contributed by atoms with Crippen LogP contribution in [0.25, 0.3) is 0 Å². The summed E-state index contributed by atoms with van der Waals surface area (Å²) in [5, 5.41) is 3.26. The molecule has 0 atom stereocenters. The van der Waals surface area contributed by atoms with Crippen LogP contribution in [-0.4, -0.2) is 24.4 Å². The number of nitrogens with zero attached hydrogens (tertiary/aromatic N) is 1. The minimum atomic E-state index is -3.47. The molecule has 0 saturated carbocycles. The topological polar surface area (TPSA) is 86.9 Å². The second kappa shape index (κ2) is 6.49. The first-order valence-electron chi connectivity index (χ1n) is 6.27. The highest BCUT2D eigenvalue weighted by Crippen LogP contribution is 2.21. The average Bonchev–Trinajstić information content (AvgIpc) is 3.05. The molecular formula is C12H18N4O2S2. The fraction of sp³-hybridized carbons (Fsp3) is 0.417. The zero-order valence-corrected chi connectivity index (χ0v) is 13.0. The third-order valence-corrected chi connectivity index (χ3v) is 5.55. The number of hydrogen-bond acceptors (Lipinski definition) is 5. The van der Waals surface area contributed by atoms with Gasteiger partial charge in [0.1, 0.15) is 10.0 Å². The van der Waals surface area contributed by atoms with Crippen molar-refractivity contribution in [2.75, 3.05) is 0 Å². The highest BCUT2D eigenvalue weighted by atomic mass is 32.2. The molecule has 0 bridgehead atoms. The smallest absolute Gasteiger partial charge is 0.250 e. The molecule has 20 heavy (non-hydrogen) atoms. The Kier molecular flexibility index (Phi) is 4.92. The summed E-state index contributed by atoms with van der Waals surface area (Å²) in [5.74, 6) is 0.590. The molecule has 110 valence electrons. The van der Waals surface area contributed by atoms with Crippen LogP contribution in [0.5, 0.6) is 0 Å². The van der Waals surface area contributed by atoms with Crippen molar-refractivity contribution in [1.29, 1.82) is 0 Å². The molecule has 0 saturated heterocycles. The van der Waals surface area contributed by atoms with Crippen LogP contribution in [0.2, 0.25) is 0 Å². The fourth-order valence-corrected chi connectivity index (χ4v) is 3.87. The van der Waals surface area contributed by atoms with E-state index in [9.17, 15) is 8.42 Å². The third-order valence-electron chi connectivity index (χ3n) is 2.57. The molecule has 2 heterocycles. The van der Waals surface area contributed by atoms with Gasteiger partial charge in [0, 0.05) is 29.9 Å². The summed E-state index contributed by atoms with van der Waals surface area (Å²) in [6, 6.07) is 3.84. The summed E-state index contributed by atoms with van der Waals surface area (Å²) >= 11 is 1.28. The summed E-state index contributed by atoms with van der Waals surface area (Å²) < 4.78 is 27.1. The van der Waals surface area contributed by atoms with Gasteiger partial charge in [-0.3, -0.25) is 0 Å². The van der Waals surface area contributed by atoms with Crippen LogP contribution in [0.15, 0.2) is 28.7 Å².